The predicted octanol–water partition coefficient (Wildman–Crippen LogP) is 3.03. The summed E-state index contributed by atoms with van der Waals surface area (Å²) in [7, 11) is 4.04. The molecule has 0 aliphatic rings. The van der Waals surface area contributed by atoms with Gasteiger partial charge in [0.15, 0.2) is 0 Å². The first-order valence-corrected chi connectivity index (χ1v) is 6.87. The molecule has 20 heavy (non-hydrogen) atoms. The van der Waals surface area contributed by atoms with Crippen LogP contribution in [0.15, 0.2) is 41.0 Å². The van der Waals surface area contributed by atoms with Crippen LogP contribution in [-0.4, -0.2) is 20.6 Å². The summed E-state index contributed by atoms with van der Waals surface area (Å²) < 4.78 is 11.3. The highest BCUT2D eigenvalue weighted by molar-refractivity contribution is 5.49. The van der Waals surface area contributed by atoms with Crippen LogP contribution in [0, 0.1) is 0 Å². The molecule has 108 valence electrons. The van der Waals surface area contributed by atoms with Gasteiger partial charge in [-0.15, -0.1) is 0 Å². The molecule has 4 nitrogen and oxygen atoms in total. The summed E-state index contributed by atoms with van der Waals surface area (Å²) in [5, 5.41) is 3.26. The average molecular weight is 274 g/mol. The lowest BCUT2D eigenvalue weighted by Crippen LogP contribution is -2.13. The van der Waals surface area contributed by atoms with Crippen molar-refractivity contribution in [3.63, 3.8) is 0 Å². The Kier molecular flexibility index (Phi) is 5.07. The van der Waals surface area contributed by atoms with Crippen LogP contribution in [0.1, 0.15) is 18.2 Å². The number of anilines is 1. The molecule has 0 aliphatic heterocycles. The van der Waals surface area contributed by atoms with E-state index in [9.17, 15) is 0 Å². The second kappa shape index (κ2) is 7.01. The minimum absolute atomic E-state index is 0.522. The lowest BCUT2D eigenvalue weighted by atomic mass is 10.2. The molecular weight excluding hydrogens is 252 g/mol. The number of hydrogen-bond acceptors (Lipinski definition) is 4. The Morgan fingerprint density at radius 2 is 2.10 bits per heavy atom. The molecule has 0 aliphatic carbocycles. The van der Waals surface area contributed by atoms with Gasteiger partial charge in [0.25, 0.3) is 0 Å². The van der Waals surface area contributed by atoms with Crippen molar-refractivity contribution in [3.8, 4) is 5.75 Å². The van der Waals surface area contributed by atoms with E-state index in [1.54, 1.807) is 6.26 Å². The van der Waals surface area contributed by atoms with Gasteiger partial charge in [-0.1, -0.05) is 13.0 Å². The minimum atomic E-state index is 0.522. The van der Waals surface area contributed by atoms with Gasteiger partial charge in [0.05, 0.1) is 12.8 Å². The van der Waals surface area contributed by atoms with Crippen LogP contribution >= 0.6 is 0 Å². The maximum absolute atomic E-state index is 5.85. The molecule has 4 heteroatoms. The van der Waals surface area contributed by atoms with Crippen LogP contribution in [0.5, 0.6) is 5.75 Å². The maximum Gasteiger partial charge on any atom is 0.124 e. The molecule has 1 aromatic heterocycles. The molecule has 0 saturated carbocycles. The Hall–Kier alpha value is -1.94. The summed E-state index contributed by atoms with van der Waals surface area (Å²) in [4.78, 5) is 2.06. The minimum Gasteiger partial charge on any atom is -0.489 e. The summed E-state index contributed by atoms with van der Waals surface area (Å²) in [6.07, 6.45) is 1.71. The van der Waals surface area contributed by atoms with E-state index in [1.165, 1.54) is 0 Å². The molecule has 0 spiro atoms. The van der Waals surface area contributed by atoms with Crippen molar-refractivity contribution in [1.29, 1.82) is 0 Å². The normalized spacial score (nSPS) is 10.6. The molecule has 0 fully saturated rings. The molecule has 1 aromatic carbocycles. The smallest absolute Gasteiger partial charge is 0.124 e. The van der Waals surface area contributed by atoms with Gasteiger partial charge in [-0.25, -0.2) is 0 Å². The molecular formula is C16H22N2O2. The van der Waals surface area contributed by atoms with Gasteiger partial charge >= 0.3 is 0 Å². The monoisotopic (exact) mass is 274 g/mol. The van der Waals surface area contributed by atoms with Crippen molar-refractivity contribution < 1.29 is 9.15 Å². The fourth-order valence-electron chi connectivity index (χ4n) is 1.90. The van der Waals surface area contributed by atoms with Gasteiger partial charge in [0, 0.05) is 31.4 Å². The van der Waals surface area contributed by atoms with Crippen LogP contribution < -0.4 is 15.0 Å². The fourth-order valence-corrected chi connectivity index (χ4v) is 1.90. The summed E-state index contributed by atoms with van der Waals surface area (Å²) in [5.41, 5.74) is 2.21. The Bertz CT molecular complexity index is 535. The Morgan fingerprint density at radius 1 is 1.25 bits per heavy atom. The van der Waals surface area contributed by atoms with E-state index in [-0.39, 0.29) is 0 Å². The van der Waals surface area contributed by atoms with Crippen LogP contribution in [0.25, 0.3) is 0 Å². The van der Waals surface area contributed by atoms with Gasteiger partial charge in [-0.2, -0.15) is 0 Å². The highest BCUT2D eigenvalue weighted by Gasteiger charge is 2.07. The van der Waals surface area contributed by atoms with Gasteiger partial charge < -0.3 is 19.4 Å². The number of benzene rings is 1. The zero-order chi connectivity index (χ0) is 14.4. The molecule has 0 radical (unpaired) electrons. The van der Waals surface area contributed by atoms with Crippen LogP contribution in [-0.2, 0) is 13.2 Å². The molecule has 0 bridgehead atoms. The Morgan fingerprint density at radius 3 is 2.85 bits per heavy atom. The highest BCUT2D eigenvalue weighted by atomic mass is 16.5. The third-order valence-corrected chi connectivity index (χ3v) is 3.10. The number of nitrogens with zero attached hydrogens (tertiary/aromatic N) is 1. The van der Waals surface area contributed by atoms with E-state index in [0.717, 1.165) is 35.9 Å². The van der Waals surface area contributed by atoms with Crippen LogP contribution in [0.2, 0.25) is 0 Å². The van der Waals surface area contributed by atoms with E-state index >= 15 is 0 Å². The van der Waals surface area contributed by atoms with Gasteiger partial charge in [-0.3, -0.25) is 0 Å². The Balaban J connectivity index is 1.98. The SMILES string of the molecule is CCNCc1occc1COc1cccc(N(C)C)c1. The first-order valence-electron chi connectivity index (χ1n) is 6.87. The highest BCUT2D eigenvalue weighted by Crippen LogP contribution is 2.21. The maximum atomic E-state index is 5.85. The fraction of sp³-hybridized carbons (Fsp3) is 0.375. The zero-order valence-corrected chi connectivity index (χ0v) is 12.3. The molecule has 1 heterocycles. The topological polar surface area (TPSA) is 37.6 Å². The second-order valence-electron chi connectivity index (χ2n) is 4.83. The lowest BCUT2D eigenvalue weighted by Gasteiger charge is -2.14. The van der Waals surface area contributed by atoms with Crippen LogP contribution in [0.4, 0.5) is 5.69 Å². The molecule has 2 aromatic rings. The number of ether oxygens (including phenoxy) is 1. The summed E-state index contributed by atoms with van der Waals surface area (Å²) in [5.74, 6) is 1.81. The van der Waals surface area contributed by atoms with Crippen LogP contribution in [0.3, 0.4) is 0 Å². The third-order valence-electron chi connectivity index (χ3n) is 3.10. The van der Waals surface area contributed by atoms with Crippen molar-refractivity contribution >= 4 is 5.69 Å². The molecule has 0 saturated heterocycles. The summed E-state index contributed by atoms with van der Waals surface area (Å²) in [6.45, 7) is 4.26. The number of hydrogen-bond donors (Lipinski definition) is 1. The summed E-state index contributed by atoms with van der Waals surface area (Å²) in [6, 6.07) is 10.0. The van der Waals surface area contributed by atoms with Gasteiger partial charge in [-0.05, 0) is 24.7 Å². The number of furan rings is 1. The Labute approximate surface area is 120 Å². The lowest BCUT2D eigenvalue weighted by molar-refractivity contribution is 0.301. The van der Waals surface area contributed by atoms with Gasteiger partial charge in [0.2, 0.25) is 0 Å². The van der Waals surface area contributed by atoms with Crippen molar-refractivity contribution in [2.24, 2.45) is 0 Å². The first kappa shape index (κ1) is 14.5. The van der Waals surface area contributed by atoms with E-state index in [1.807, 2.05) is 38.4 Å². The van der Waals surface area contributed by atoms with E-state index in [0.29, 0.717) is 6.61 Å². The largest absolute Gasteiger partial charge is 0.489 e. The van der Waals surface area contributed by atoms with Crippen molar-refractivity contribution in [2.75, 3.05) is 25.5 Å². The van der Waals surface area contributed by atoms with Crippen molar-refractivity contribution in [2.45, 2.75) is 20.1 Å². The van der Waals surface area contributed by atoms with E-state index in [2.05, 4.69) is 23.2 Å². The average Bonchev–Trinajstić information content (AvgIpc) is 2.90. The summed E-state index contributed by atoms with van der Waals surface area (Å²) >= 11 is 0. The molecule has 0 atom stereocenters. The second-order valence-corrected chi connectivity index (χ2v) is 4.83. The van der Waals surface area contributed by atoms with Crippen molar-refractivity contribution in [1.82, 2.24) is 5.32 Å². The molecule has 2 rings (SSSR count). The molecule has 0 amide bonds. The standard InChI is InChI=1S/C16H22N2O2/c1-4-17-11-16-13(8-9-19-16)12-20-15-7-5-6-14(10-15)18(2)3/h5-10,17H,4,11-12H2,1-3H3. The third kappa shape index (κ3) is 3.78. The molecule has 0 unspecified atom stereocenters. The first-order chi connectivity index (χ1) is 9.70. The number of rotatable bonds is 7. The molecule has 1 N–H and O–H groups in total. The number of nitrogens with one attached hydrogen (secondary N) is 1. The van der Waals surface area contributed by atoms with Crippen molar-refractivity contribution in [3.05, 3.63) is 47.9 Å². The van der Waals surface area contributed by atoms with Gasteiger partial charge in [0.1, 0.15) is 18.1 Å². The predicted molar refractivity (Wildman–Crippen MR) is 81.2 cm³/mol. The quantitative estimate of drug-likeness (QED) is 0.842. The van der Waals surface area contributed by atoms with E-state index in [4.69, 9.17) is 9.15 Å². The van der Waals surface area contributed by atoms with E-state index < -0.39 is 0 Å². The zero-order valence-electron chi connectivity index (χ0n) is 12.3.